The lowest BCUT2D eigenvalue weighted by Crippen LogP contribution is -2.33. The molecule has 2 aromatic heterocycles. The number of para-hydroxylation sites is 1. The number of hydrogen-bond acceptors (Lipinski definition) is 8. The second-order valence-electron chi connectivity index (χ2n) is 11.1. The van der Waals surface area contributed by atoms with E-state index in [1.165, 1.54) is 6.33 Å². The van der Waals surface area contributed by atoms with Gasteiger partial charge in [-0.25, -0.2) is 14.8 Å². The first kappa shape index (κ1) is 30.1. The van der Waals surface area contributed by atoms with E-state index in [4.69, 9.17) is 9.15 Å². The van der Waals surface area contributed by atoms with Crippen LogP contribution in [0.2, 0.25) is 0 Å². The topological polar surface area (TPSA) is 125 Å². The van der Waals surface area contributed by atoms with Crippen LogP contribution < -0.4 is 20.7 Å². The van der Waals surface area contributed by atoms with E-state index in [1.807, 2.05) is 84.9 Å². The highest BCUT2D eigenvalue weighted by Gasteiger charge is 2.22. The molecule has 0 saturated carbocycles. The molecule has 1 aliphatic rings. The number of hydrogen-bond donors (Lipinski definition) is 4. The number of nitrogens with zero attached hydrogens (tertiary/aromatic N) is 3. The number of carbonyl (C=O) groups is 1. The highest BCUT2D eigenvalue weighted by Crippen LogP contribution is 2.31. The highest BCUT2D eigenvalue weighted by atomic mass is 16.5. The van der Waals surface area contributed by atoms with E-state index >= 15 is 0 Å². The van der Waals surface area contributed by atoms with Crippen molar-refractivity contribution in [2.45, 2.75) is 31.7 Å². The molecular formula is C35H38N6O4. The molecular weight excluding hydrogens is 568 g/mol. The van der Waals surface area contributed by atoms with Gasteiger partial charge in [0.2, 0.25) is 5.71 Å². The minimum Gasteiger partial charge on any atom is -0.494 e. The summed E-state index contributed by atoms with van der Waals surface area (Å²) in [5, 5.41) is 19.4. The summed E-state index contributed by atoms with van der Waals surface area (Å²) < 4.78 is 12.0. The molecule has 1 fully saturated rings. The van der Waals surface area contributed by atoms with Crippen LogP contribution in [0.5, 0.6) is 5.75 Å². The smallest absolute Gasteiger partial charge is 0.323 e. The minimum absolute atomic E-state index is 0.236. The zero-order valence-corrected chi connectivity index (χ0v) is 25.1. The van der Waals surface area contributed by atoms with Gasteiger partial charge in [0, 0.05) is 36.1 Å². The molecule has 0 aliphatic carbocycles. The highest BCUT2D eigenvalue weighted by molar-refractivity contribution is 5.99. The predicted octanol–water partition coefficient (Wildman–Crippen LogP) is 6.41. The number of furan rings is 1. The van der Waals surface area contributed by atoms with Crippen LogP contribution in [-0.4, -0.2) is 64.9 Å². The van der Waals surface area contributed by atoms with Crippen LogP contribution in [-0.2, 0) is 6.42 Å². The summed E-state index contributed by atoms with van der Waals surface area (Å²) in [5.74, 6) is 2.24. The molecule has 1 aliphatic heterocycles. The van der Waals surface area contributed by atoms with Crippen molar-refractivity contribution in [1.82, 2.24) is 14.9 Å². The third-order valence-electron chi connectivity index (χ3n) is 7.99. The molecule has 1 saturated heterocycles. The van der Waals surface area contributed by atoms with E-state index in [1.54, 1.807) is 0 Å². The third kappa shape index (κ3) is 7.97. The van der Waals surface area contributed by atoms with Crippen LogP contribution >= 0.6 is 0 Å². The fourth-order valence-electron chi connectivity index (χ4n) is 5.60. The van der Waals surface area contributed by atoms with Crippen molar-refractivity contribution in [3.05, 3.63) is 96.8 Å². The SMILES string of the molecule is O=C(Nc1ccccc1)Nc1ccc(CCNc2ncnc3oc(-c4ccc(OCCCN5CCC[C@H]5CO)cc4)cc23)cc1. The van der Waals surface area contributed by atoms with Gasteiger partial charge in [0.15, 0.2) is 0 Å². The van der Waals surface area contributed by atoms with Gasteiger partial charge < -0.3 is 30.2 Å². The van der Waals surface area contributed by atoms with E-state index < -0.39 is 0 Å². The van der Waals surface area contributed by atoms with E-state index in [9.17, 15) is 9.90 Å². The number of benzene rings is 3. The van der Waals surface area contributed by atoms with Crippen LogP contribution in [0.15, 0.2) is 95.7 Å². The van der Waals surface area contributed by atoms with E-state index in [0.29, 0.717) is 36.5 Å². The van der Waals surface area contributed by atoms with Crippen LogP contribution in [0.4, 0.5) is 22.0 Å². The number of aromatic nitrogens is 2. The number of nitrogens with one attached hydrogen (secondary N) is 3. The van der Waals surface area contributed by atoms with E-state index in [0.717, 1.165) is 72.4 Å². The summed E-state index contributed by atoms with van der Waals surface area (Å²) in [6.45, 7) is 3.54. The number of ether oxygens (including phenoxy) is 1. The molecule has 45 heavy (non-hydrogen) atoms. The molecule has 5 aromatic rings. The second kappa shape index (κ2) is 14.7. The molecule has 232 valence electrons. The van der Waals surface area contributed by atoms with Crippen LogP contribution in [0.1, 0.15) is 24.8 Å². The van der Waals surface area contributed by atoms with Gasteiger partial charge in [-0.1, -0.05) is 30.3 Å². The molecule has 1 atom stereocenters. The fourth-order valence-corrected chi connectivity index (χ4v) is 5.60. The Balaban J connectivity index is 0.983. The Morgan fingerprint density at radius 3 is 2.53 bits per heavy atom. The zero-order chi connectivity index (χ0) is 30.8. The van der Waals surface area contributed by atoms with Crippen molar-refractivity contribution in [2.24, 2.45) is 0 Å². The number of aliphatic hydroxyl groups excluding tert-OH is 1. The molecule has 0 bridgehead atoms. The lowest BCUT2D eigenvalue weighted by Gasteiger charge is -2.22. The quantitative estimate of drug-likeness (QED) is 0.113. The van der Waals surface area contributed by atoms with Gasteiger partial charge in [0.05, 0.1) is 18.6 Å². The summed E-state index contributed by atoms with van der Waals surface area (Å²) in [4.78, 5) is 23.4. The molecule has 3 heterocycles. The first-order valence-electron chi connectivity index (χ1n) is 15.4. The normalized spacial score (nSPS) is 14.8. The monoisotopic (exact) mass is 606 g/mol. The van der Waals surface area contributed by atoms with Gasteiger partial charge in [-0.2, -0.15) is 0 Å². The molecule has 0 radical (unpaired) electrons. The van der Waals surface area contributed by atoms with Gasteiger partial charge in [-0.3, -0.25) is 4.90 Å². The van der Waals surface area contributed by atoms with Crippen molar-refractivity contribution in [3.8, 4) is 17.1 Å². The van der Waals surface area contributed by atoms with Gasteiger partial charge in [-0.05, 0) is 92.4 Å². The number of likely N-dealkylation sites (tertiary alicyclic amines) is 1. The summed E-state index contributed by atoms with van der Waals surface area (Å²) in [6, 6.07) is 27.0. The Hall–Kier alpha value is -4.93. The standard InChI is InChI=1S/C35H38N6O4/c42-23-29-8-4-19-41(29)20-5-21-44-30-15-11-26(12-16-30)32-22-31-33(37-24-38-34(31)45-32)36-18-17-25-9-13-28(14-10-25)40-35(43)39-27-6-2-1-3-7-27/h1-3,6-7,9-16,22,24,29,42H,4-5,8,17-21,23H2,(H,36,37,38)(H2,39,40,43)/t29-/m0/s1. The Morgan fingerprint density at radius 1 is 0.978 bits per heavy atom. The molecule has 10 nitrogen and oxygen atoms in total. The Labute approximate surface area is 262 Å². The van der Waals surface area contributed by atoms with Gasteiger partial charge in [0.25, 0.3) is 0 Å². The number of urea groups is 1. The number of carbonyl (C=O) groups excluding carboxylic acids is 1. The third-order valence-corrected chi connectivity index (χ3v) is 7.99. The van der Waals surface area contributed by atoms with Crippen molar-refractivity contribution < 1.29 is 19.1 Å². The van der Waals surface area contributed by atoms with Gasteiger partial charge in [-0.15, -0.1) is 0 Å². The van der Waals surface area contributed by atoms with Crippen LogP contribution in [0, 0.1) is 0 Å². The molecule has 2 amide bonds. The lowest BCUT2D eigenvalue weighted by molar-refractivity contribution is 0.150. The zero-order valence-electron chi connectivity index (χ0n) is 25.1. The van der Waals surface area contributed by atoms with Crippen LogP contribution in [0.25, 0.3) is 22.4 Å². The average Bonchev–Trinajstić information content (AvgIpc) is 3.72. The Bertz CT molecular complexity index is 1670. The molecule has 6 rings (SSSR count). The van der Waals surface area contributed by atoms with Crippen molar-refractivity contribution in [2.75, 3.05) is 48.8 Å². The summed E-state index contributed by atoms with van der Waals surface area (Å²) >= 11 is 0. The number of anilines is 3. The van der Waals surface area contributed by atoms with Crippen molar-refractivity contribution in [3.63, 3.8) is 0 Å². The number of aliphatic hydroxyl groups is 1. The minimum atomic E-state index is -0.284. The summed E-state index contributed by atoms with van der Waals surface area (Å²) in [6.07, 6.45) is 5.43. The fraction of sp³-hybridized carbons (Fsp3) is 0.286. The maximum Gasteiger partial charge on any atom is 0.323 e. The predicted molar refractivity (Wildman–Crippen MR) is 177 cm³/mol. The molecule has 0 unspecified atom stereocenters. The number of amides is 2. The van der Waals surface area contributed by atoms with Gasteiger partial charge >= 0.3 is 6.03 Å². The lowest BCUT2D eigenvalue weighted by atomic mass is 10.1. The summed E-state index contributed by atoms with van der Waals surface area (Å²) in [5.41, 5.74) is 4.04. The number of rotatable bonds is 13. The Kier molecular flexibility index (Phi) is 9.83. The first-order chi connectivity index (χ1) is 22.1. The molecule has 4 N–H and O–H groups in total. The van der Waals surface area contributed by atoms with Crippen LogP contribution in [0.3, 0.4) is 0 Å². The maximum atomic E-state index is 12.2. The molecule has 10 heteroatoms. The number of fused-ring (bicyclic) bond motifs is 1. The van der Waals surface area contributed by atoms with Gasteiger partial charge in [0.1, 0.15) is 23.7 Å². The van der Waals surface area contributed by atoms with Crippen molar-refractivity contribution in [1.29, 1.82) is 0 Å². The molecule has 3 aromatic carbocycles. The maximum absolute atomic E-state index is 12.2. The summed E-state index contributed by atoms with van der Waals surface area (Å²) in [7, 11) is 0. The van der Waals surface area contributed by atoms with E-state index in [2.05, 4.69) is 30.8 Å². The van der Waals surface area contributed by atoms with E-state index in [-0.39, 0.29) is 12.6 Å². The Morgan fingerprint density at radius 2 is 1.76 bits per heavy atom. The first-order valence-corrected chi connectivity index (χ1v) is 15.4. The molecule has 0 spiro atoms. The second-order valence-corrected chi connectivity index (χ2v) is 11.1. The largest absolute Gasteiger partial charge is 0.494 e. The average molecular weight is 607 g/mol. The van der Waals surface area contributed by atoms with Crippen molar-refractivity contribution >= 4 is 34.3 Å².